The molecule has 10 aromatic rings. The third-order valence-electron chi connectivity index (χ3n) is 14.0. The van der Waals surface area contributed by atoms with Crippen LogP contribution in [0.1, 0.15) is 23.5 Å². The number of nitrogens with zero attached hydrogens (tertiary/aromatic N) is 2. The maximum atomic E-state index is 4.00. The number of para-hydroxylation sites is 3. The predicted octanol–water partition coefficient (Wildman–Crippen LogP) is 15.9. The Balaban J connectivity index is 0.955. The van der Waals surface area contributed by atoms with Gasteiger partial charge in [0.1, 0.15) is 0 Å². The molecule has 2 aliphatic heterocycles. The fraction of sp³-hybridized carbons (Fsp3) is 0.0645. The molecule has 3 atom stereocenters. The van der Waals surface area contributed by atoms with E-state index in [-0.39, 0.29) is 0 Å². The molecule has 1 N–H and O–H groups in total. The molecule has 0 amide bonds. The van der Waals surface area contributed by atoms with E-state index >= 15 is 0 Å². The molecule has 308 valence electrons. The molecule has 3 nitrogen and oxygen atoms in total. The van der Waals surface area contributed by atoms with Crippen LogP contribution >= 0.6 is 0 Å². The summed E-state index contributed by atoms with van der Waals surface area (Å²) in [6.07, 6.45) is 12.5. The minimum Gasteiger partial charge on any atom is -0.381 e. The predicted molar refractivity (Wildman–Crippen MR) is 273 cm³/mol. The number of allylic oxidation sites excluding steroid dienone is 3. The van der Waals surface area contributed by atoms with Crippen LogP contribution in [0.5, 0.6) is 0 Å². The van der Waals surface area contributed by atoms with E-state index in [4.69, 9.17) is 0 Å². The number of benzene rings is 9. The minimum absolute atomic E-state index is 0.291. The lowest BCUT2D eigenvalue weighted by Gasteiger charge is -2.28. The van der Waals surface area contributed by atoms with Crippen LogP contribution in [0.15, 0.2) is 237 Å². The highest BCUT2D eigenvalue weighted by atomic mass is 15.2. The molecule has 65 heavy (non-hydrogen) atoms. The maximum absolute atomic E-state index is 4.00. The van der Waals surface area contributed by atoms with Crippen LogP contribution in [0.2, 0.25) is 0 Å². The van der Waals surface area contributed by atoms with Gasteiger partial charge < -0.3 is 14.8 Å². The highest BCUT2D eigenvalue weighted by molar-refractivity contribution is 6.14. The average molecular weight is 832 g/mol. The van der Waals surface area contributed by atoms with Crippen molar-refractivity contribution in [3.63, 3.8) is 0 Å². The van der Waals surface area contributed by atoms with Gasteiger partial charge in [-0.3, -0.25) is 0 Å². The molecule has 1 aliphatic carbocycles. The molecule has 3 heterocycles. The average Bonchev–Trinajstić information content (AvgIpc) is 3.95. The number of fused-ring (bicyclic) bond motifs is 9. The van der Waals surface area contributed by atoms with Crippen molar-refractivity contribution in [2.24, 2.45) is 5.92 Å². The number of rotatable bonds is 6. The van der Waals surface area contributed by atoms with Crippen molar-refractivity contribution >= 4 is 55.2 Å². The summed E-state index contributed by atoms with van der Waals surface area (Å²) in [7, 11) is 0. The zero-order chi connectivity index (χ0) is 42.8. The summed E-state index contributed by atoms with van der Waals surface area (Å²) in [6, 6.07) is 76.4. The highest BCUT2D eigenvalue weighted by Gasteiger charge is 2.35. The maximum Gasteiger partial charge on any atom is 0.0641 e. The van der Waals surface area contributed by atoms with Gasteiger partial charge in [-0.1, -0.05) is 194 Å². The minimum atomic E-state index is 0.291. The normalized spacial score (nSPS) is 17.4. The van der Waals surface area contributed by atoms with E-state index in [9.17, 15) is 0 Å². The Morgan fingerprint density at radius 3 is 1.97 bits per heavy atom. The van der Waals surface area contributed by atoms with Crippen molar-refractivity contribution in [3.8, 4) is 39.2 Å². The van der Waals surface area contributed by atoms with Gasteiger partial charge in [0.05, 0.1) is 28.3 Å². The quantitative estimate of drug-likeness (QED) is 0.180. The smallest absolute Gasteiger partial charge is 0.0641 e. The third kappa shape index (κ3) is 6.11. The van der Waals surface area contributed by atoms with Crippen molar-refractivity contribution in [3.05, 3.63) is 248 Å². The van der Waals surface area contributed by atoms with Crippen molar-refractivity contribution in [1.82, 2.24) is 9.88 Å². The molecule has 0 radical (unpaired) electrons. The first kappa shape index (κ1) is 37.4. The lowest BCUT2D eigenvalue weighted by Crippen LogP contribution is -2.34. The van der Waals surface area contributed by atoms with Gasteiger partial charge >= 0.3 is 0 Å². The molecule has 3 heteroatoms. The van der Waals surface area contributed by atoms with E-state index in [0.29, 0.717) is 17.9 Å². The van der Waals surface area contributed by atoms with E-state index in [1.54, 1.807) is 0 Å². The molecule has 0 fully saturated rings. The largest absolute Gasteiger partial charge is 0.381 e. The summed E-state index contributed by atoms with van der Waals surface area (Å²) < 4.78 is 2.53. The van der Waals surface area contributed by atoms with Crippen molar-refractivity contribution in [2.45, 2.75) is 18.4 Å². The Hall–Kier alpha value is -8.14. The van der Waals surface area contributed by atoms with Gasteiger partial charge in [0.2, 0.25) is 0 Å². The van der Waals surface area contributed by atoms with Crippen molar-refractivity contribution in [2.75, 3.05) is 4.90 Å². The Bertz CT molecular complexity index is 3570. The molecule has 3 aliphatic rings. The van der Waals surface area contributed by atoms with Crippen LogP contribution in [0.25, 0.3) is 77.3 Å². The van der Waals surface area contributed by atoms with Crippen molar-refractivity contribution in [1.29, 1.82) is 0 Å². The highest BCUT2D eigenvalue weighted by Crippen LogP contribution is 2.55. The van der Waals surface area contributed by atoms with E-state index in [1.165, 1.54) is 88.5 Å². The zero-order valence-corrected chi connectivity index (χ0v) is 35.9. The summed E-state index contributed by atoms with van der Waals surface area (Å²) in [4.78, 5) is 2.48. The van der Waals surface area contributed by atoms with E-state index in [0.717, 1.165) is 23.5 Å². The molecule has 0 bridgehead atoms. The van der Waals surface area contributed by atoms with E-state index in [2.05, 4.69) is 251 Å². The molecular weight excluding hydrogens is 787 g/mol. The molecule has 0 saturated carbocycles. The number of anilines is 3. The first-order valence-electron chi connectivity index (χ1n) is 22.9. The molecule has 2 unspecified atom stereocenters. The van der Waals surface area contributed by atoms with Crippen LogP contribution in [0, 0.1) is 5.92 Å². The molecule has 13 rings (SSSR count). The van der Waals surface area contributed by atoms with Crippen LogP contribution < -0.4 is 10.2 Å². The summed E-state index contributed by atoms with van der Waals surface area (Å²) in [5, 5.41) is 10.1. The van der Waals surface area contributed by atoms with Gasteiger partial charge in [-0.25, -0.2) is 0 Å². The molecule has 0 spiro atoms. The second kappa shape index (κ2) is 15.3. The van der Waals surface area contributed by atoms with Crippen molar-refractivity contribution < 1.29 is 0 Å². The monoisotopic (exact) mass is 831 g/mol. The molecule has 1 aromatic heterocycles. The van der Waals surface area contributed by atoms with E-state index in [1.807, 2.05) is 0 Å². The van der Waals surface area contributed by atoms with Gasteiger partial charge in [-0.2, -0.15) is 0 Å². The summed E-state index contributed by atoms with van der Waals surface area (Å²) in [5.41, 5.74) is 16.9. The van der Waals surface area contributed by atoms with Gasteiger partial charge in [-0.15, -0.1) is 0 Å². The molecule has 9 aromatic carbocycles. The Labute approximate surface area is 379 Å². The van der Waals surface area contributed by atoms with Crippen LogP contribution in [-0.2, 0) is 0 Å². The summed E-state index contributed by atoms with van der Waals surface area (Å²) >= 11 is 0. The van der Waals surface area contributed by atoms with Crippen LogP contribution in [-0.4, -0.2) is 10.6 Å². The number of aromatic nitrogens is 1. The van der Waals surface area contributed by atoms with Gasteiger partial charge in [0, 0.05) is 56.7 Å². The fourth-order valence-electron chi connectivity index (χ4n) is 11.1. The second-order valence-corrected chi connectivity index (χ2v) is 17.6. The van der Waals surface area contributed by atoms with Crippen LogP contribution in [0.4, 0.5) is 17.1 Å². The van der Waals surface area contributed by atoms with E-state index < -0.39 is 0 Å². The second-order valence-electron chi connectivity index (χ2n) is 17.6. The van der Waals surface area contributed by atoms with Crippen LogP contribution in [0.3, 0.4) is 0 Å². The lowest BCUT2D eigenvalue weighted by molar-refractivity contribution is 0.442. The first-order valence-corrected chi connectivity index (χ1v) is 22.9. The summed E-state index contributed by atoms with van der Waals surface area (Å²) in [6.45, 7) is 0. The molecule has 0 saturated heterocycles. The molecular formula is C62H45N3. The fourth-order valence-corrected chi connectivity index (χ4v) is 11.1. The van der Waals surface area contributed by atoms with Gasteiger partial charge in [-0.05, 0) is 87.3 Å². The Kier molecular flexibility index (Phi) is 8.80. The standard InChI is InChI=1S/C62H45N3/c1-4-18-41(19-5-1)48-36-37-59(50-25-11-10-24-49(48)50)65-57-30-16-13-27-52(57)60-51-26-12-15-29-56(51)64(58-31-17-14-28-53(58)62(60)65)47-35-34-44-38-46(33-32-45(44)39-47)55-40-54(42-20-6-2-7-21-42)61(63-55)43-22-8-3-9-23-43/h1-22,24-40,43,54,61,63H,23H2/t43?,54-,61?/m0/s1. The Morgan fingerprint density at radius 2 is 1.15 bits per heavy atom. The zero-order valence-electron chi connectivity index (χ0n) is 35.9. The Morgan fingerprint density at radius 1 is 0.477 bits per heavy atom. The number of nitrogens with one attached hydrogen (secondary N) is 1. The topological polar surface area (TPSA) is 20.2 Å². The SMILES string of the molecule is C1=CCC(C2NC(c3ccc4cc(N5c6ccccc6-c6c(n(-c7ccc(-c8ccccc8)c8ccccc78)c7ccccc67)-c6ccccc65)ccc4c3)=C[C@H]2c2ccccc2)C=C1. The third-order valence-corrected chi connectivity index (χ3v) is 14.0. The number of hydrogen-bond donors (Lipinski definition) is 1. The first-order chi connectivity index (χ1) is 32.3. The number of hydrogen-bond acceptors (Lipinski definition) is 2. The van der Waals surface area contributed by atoms with Gasteiger partial charge in [0.15, 0.2) is 0 Å². The summed E-state index contributed by atoms with van der Waals surface area (Å²) in [5.74, 6) is 0.719. The lowest BCUT2D eigenvalue weighted by atomic mass is 9.82. The van der Waals surface area contributed by atoms with Gasteiger partial charge in [0.25, 0.3) is 0 Å².